The Bertz CT molecular complexity index is 1010. The number of halogens is 1. The normalized spacial score (nSPS) is 16.1. The van der Waals surface area contributed by atoms with Crippen molar-refractivity contribution in [2.75, 3.05) is 0 Å². The summed E-state index contributed by atoms with van der Waals surface area (Å²) < 4.78 is 13.3. The van der Waals surface area contributed by atoms with Crippen molar-refractivity contribution >= 4 is 16.7 Å². The topological polar surface area (TPSA) is 74.8 Å². The number of carbonyl (C=O) groups excluding carboxylic acids is 1. The summed E-state index contributed by atoms with van der Waals surface area (Å²) in [6.45, 7) is 0. The Balaban J connectivity index is 1.67. The van der Waals surface area contributed by atoms with Gasteiger partial charge in [0.2, 0.25) is 0 Å². The molecule has 2 N–H and O–H groups in total. The number of benzene rings is 2. The zero-order valence-corrected chi connectivity index (χ0v) is 12.7. The molecule has 120 valence electrons. The molecule has 0 saturated heterocycles. The van der Waals surface area contributed by atoms with Gasteiger partial charge in [0.05, 0.1) is 11.4 Å². The minimum Gasteiger partial charge on any atom is -0.344 e. The molecule has 0 fully saturated rings. The Morgan fingerprint density at radius 2 is 2.00 bits per heavy atom. The molecule has 1 amide bonds. The van der Waals surface area contributed by atoms with Crippen LogP contribution in [0.2, 0.25) is 0 Å². The Labute approximate surface area is 136 Å². The summed E-state index contributed by atoms with van der Waals surface area (Å²) in [6.07, 6.45) is 1.43. The van der Waals surface area contributed by atoms with Crippen molar-refractivity contribution in [3.05, 3.63) is 75.5 Å². The van der Waals surface area contributed by atoms with Crippen LogP contribution < -0.4 is 10.9 Å². The van der Waals surface area contributed by atoms with E-state index in [-0.39, 0.29) is 29.0 Å². The van der Waals surface area contributed by atoms with Crippen molar-refractivity contribution in [2.45, 2.75) is 18.9 Å². The number of fused-ring (bicyclic) bond motifs is 2. The Kier molecular flexibility index (Phi) is 3.37. The van der Waals surface area contributed by atoms with E-state index in [4.69, 9.17) is 0 Å². The maximum absolute atomic E-state index is 13.3. The molecule has 1 unspecified atom stereocenters. The van der Waals surface area contributed by atoms with Crippen LogP contribution in [0.5, 0.6) is 0 Å². The van der Waals surface area contributed by atoms with Gasteiger partial charge in [-0.2, -0.15) is 5.10 Å². The molecule has 5 nitrogen and oxygen atoms in total. The molecule has 0 spiro atoms. The van der Waals surface area contributed by atoms with E-state index in [1.807, 2.05) is 0 Å². The van der Waals surface area contributed by atoms with Gasteiger partial charge in [-0.1, -0.05) is 24.3 Å². The number of amides is 1. The summed E-state index contributed by atoms with van der Waals surface area (Å²) in [4.78, 5) is 24.4. The first-order valence-electron chi connectivity index (χ1n) is 7.70. The Morgan fingerprint density at radius 3 is 2.83 bits per heavy atom. The van der Waals surface area contributed by atoms with Crippen molar-refractivity contribution in [3.63, 3.8) is 0 Å². The highest BCUT2D eigenvalue weighted by molar-refractivity contribution is 6.04. The highest BCUT2D eigenvalue weighted by Crippen LogP contribution is 2.31. The fourth-order valence-electron chi connectivity index (χ4n) is 3.25. The van der Waals surface area contributed by atoms with Crippen molar-refractivity contribution in [1.29, 1.82) is 0 Å². The van der Waals surface area contributed by atoms with Gasteiger partial charge >= 0.3 is 0 Å². The van der Waals surface area contributed by atoms with Crippen LogP contribution >= 0.6 is 0 Å². The van der Waals surface area contributed by atoms with E-state index in [0.717, 1.165) is 17.5 Å². The minimum atomic E-state index is -0.357. The van der Waals surface area contributed by atoms with Gasteiger partial charge in [0, 0.05) is 5.39 Å². The lowest BCUT2D eigenvalue weighted by atomic mass is 10.1. The largest absolute Gasteiger partial charge is 0.344 e. The molecule has 1 aliphatic rings. The van der Waals surface area contributed by atoms with Crippen LogP contribution in [0.3, 0.4) is 0 Å². The van der Waals surface area contributed by atoms with E-state index < -0.39 is 0 Å². The van der Waals surface area contributed by atoms with Crippen LogP contribution in [0, 0.1) is 5.82 Å². The van der Waals surface area contributed by atoms with Crippen LogP contribution in [0.15, 0.2) is 47.3 Å². The van der Waals surface area contributed by atoms with Crippen LogP contribution in [-0.4, -0.2) is 16.1 Å². The lowest BCUT2D eigenvalue weighted by Gasteiger charge is -2.14. The molecule has 1 atom stereocenters. The highest BCUT2D eigenvalue weighted by atomic mass is 19.1. The molecular weight excluding hydrogens is 309 g/mol. The van der Waals surface area contributed by atoms with Gasteiger partial charge in [-0.05, 0) is 42.2 Å². The van der Waals surface area contributed by atoms with Gasteiger partial charge in [0.15, 0.2) is 5.69 Å². The number of H-pyrrole nitrogens is 1. The molecule has 24 heavy (non-hydrogen) atoms. The van der Waals surface area contributed by atoms with Crippen LogP contribution in [0.4, 0.5) is 4.39 Å². The molecule has 0 aliphatic heterocycles. The van der Waals surface area contributed by atoms with Gasteiger partial charge in [-0.3, -0.25) is 9.59 Å². The summed E-state index contributed by atoms with van der Waals surface area (Å²) in [6, 6.07) is 11.3. The van der Waals surface area contributed by atoms with Gasteiger partial charge in [-0.25, -0.2) is 9.49 Å². The van der Waals surface area contributed by atoms with Crippen molar-refractivity contribution in [2.24, 2.45) is 0 Å². The summed E-state index contributed by atoms with van der Waals surface area (Å²) in [7, 11) is 0. The summed E-state index contributed by atoms with van der Waals surface area (Å²) >= 11 is 0. The highest BCUT2D eigenvalue weighted by Gasteiger charge is 2.26. The standard InChI is InChI=1S/C18H14FN3O2/c19-11-6-7-12-10(9-11)5-8-15(12)20-18(24)16-13-3-1-2-4-14(13)17(23)22-21-16/h1-4,6-7,9,15H,5,8H2,(H,20,24)(H,22,23). The number of hydrogen-bond acceptors (Lipinski definition) is 3. The van der Waals surface area contributed by atoms with Gasteiger partial charge in [-0.15, -0.1) is 0 Å². The van der Waals surface area contributed by atoms with Crippen LogP contribution in [0.1, 0.15) is 34.1 Å². The molecule has 4 rings (SSSR count). The second-order valence-electron chi connectivity index (χ2n) is 5.85. The summed E-state index contributed by atoms with van der Waals surface area (Å²) in [5, 5.41) is 10.1. The number of nitrogens with zero attached hydrogens (tertiary/aromatic N) is 1. The molecule has 0 bridgehead atoms. The number of aryl methyl sites for hydroxylation is 1. The zero-order chi connectivity index (χ0) is 16.7. The van der Waals surface area contributed by atoms with Crippen molar-refractivity contribution in [1.82, 2.24) is 15.5 Å². The van der Waals surface area contributed by atoms with E-state index in [1.165, 1.54) is 12.1 Å². The van der Waals surface area contributed by atoms with E-state index in [9.17, 15) is 14.0 Å². The first-order valence-corrected chi connectivity index (χ1v) is 7.70. The Morgan fingerprint density at radius 1 is 1.21 bits per heavy atom. The SMILES string of the molecule is O=C(NC1CCc2cc(F)ccc21)c1n[nH]c(=O)c2ccccc12. The van der Waals surface area contributed by atoms with E-state index >= 15 is 0 Å². The third kappa shape index (κ3) is 2.36. The predicted molar refractivity (Wildman–Crippen MR) is 87.3 cm³/mol. The first kappa shape index (κ1) is 14.6. The van der Waals surface area contributed by atoms with E-state index in [2.05, 4.69) is 15.5 Å². The lowest BCUT2D eigenvalue weighted by molar-refractivity contribution is 0.0932. The average Bonchev–Trinajstić information content (AvgIpc) is 2.97. The van der Waals surface area contributed by atoms with Crippen molar-refractivity contribution in [3.8, 4) is 0 Å². The van der Waals surface area contributed by atoms with Gasteiger partial charge in [0.25, 0.3) is 11.5 Å². The molecule has 1 heterocycles. The zero-order valence-electron chi connectivity index (χ0n) is 12.7. The molecule has 1 aliphatic carbocycles. The fraction of sp³-hybridized carbons (Fsp3) is 0.167. The van der Waals surface area contributed by atoms with Gasteiger partial charge in [0.1, 0.15) is 5.82 Å². The number of rotatable bonds is 2. The second-order valence-corrected chi connectivity index (χ2v) is 5.85. The van der Waals surface area contributed by atoms with E-state index in [1.54, 1.807) is 30.3 Å². The Hall–Kier alpha value is -3.02. The van der Waals surface area contributed by atoms with Crippen LogP contribution in [-0.2, 0) is 6.42 Å². The molecule has 6 heteroatoms. The smallest absolute Gasteiger partial charge is 0.272 e. The maximum atomic E-state index is 13.3. The number of hydrogen-bond donors (Lipinski definition) is 2. The molecule has 1 aromatic heterocycles. The molecule has 0 radical (unpaired) electrons. The quantitative estimate of drug-likeness (QED) is 0.761. The summed E-state index contributed by atoms with van der Waals surface area (Å²) in [5.41, 5.74) is 1.70. The monoisotopic (exact) mass is 323 g/mol. The molecule has 3 aromatic rings. The number of carbonyl (C=O) groups is 1. The third-order valence-corrected chi connectivity index (χ3v) is 4.40. The maximum Gasteiger partial charge on any atom is 0.272 e. The lowest BCUT2D eigenvalue weighted by Crippen LogP contribution is -2.29. The number of aromatic amines is 1. The molecule has 2 aromatic carbocycles. The third-order valence-electron chi connectivity index (χ3n) is 4.40. The predicted octanol–water partition coefficient (Wildman–Crippen LogP) is 2.48. The number of nitrogens with one attached hydrogen (secondary N) is 2. The fourth-order valence-corrected chi connectivity index (χ4v) is 3.25. The molecular formula is C18H14FN3O2. The average molecular weight is 323 g/mol. The summed E-state index contributed by atoms with van der Waals surface area (Å²) in [5.74, 6) is -0.626. The molecule has 0 saturated carbocycles. The van der Waals surface area contributed by atoms with Crippen LogP contribution in [0.25, 0.3) is 10.8 Å². The van der Waals surface area contributed by atoms with Crippen molar-refractivity contribution < 1.29 is 9.18 Å². The number of aromatic nitrogens is 2. The van der Waals surface area contributed by atoms with E-state index in [0.29, 0.717) is 17.2 Å². The first-order chi connectivity index (χ1) is 11.6. The van der Waals surface area contributed by atoms with Gasteiger partial charge < -0.3 is 5.32 Å². The minimum absolute atomic E-state index is 0.180. The second kappa shape index (κ2) is 5.56.